The molecule has 0 radical (unpaired) electrons. The third kappa shape index (κ3) is 18.1. The van der Waals surface area contributed by atoms with Crippen LogP contribution in [0.2, 0.25) is 0 Å². The molecule has 22 heteroatoms. The number of esters is 4. The number of halogens is 2. The zero-order chi connectivity index (χ0) is 67.3. The summed E-state index contributed by atoms with van der Waals surface area (Å²) in [5.74, 6) is -8.28. The maximum atomic E-state index is 16.7. The number of amides is 4. The minimum absolute atomic E-state index is 0.00314. The Hall–Kier alpha value is -8.04. The van der Waals surface area contributed by atoms with Gasteiger partial charge >= 0.3 is 23.9 Å². The lowest BCUT2D eigenvalue weighted by Gasteiger charge is -2.35. The average molecular weight is 1260 g/mol. The molecule has 20 nitrogen and oxygen atoms in total. The second-order valence-corrected chi connectivity index (χ2v) is 25.3. The number of hydrogen-bond acceptors (Lipinski definition) is 16. The van der Waals surface area contributed by atoms with Crippen LogP contribution in [0.25, 0.3) is 0 Å². The van der Waals surface area contributed by atoms with Crippen LogP contribution in [0.3, 0.4) is 0 Å². The normalized spacial score (nSPS) is 23.3. The van der Waals surface area contributed by atoms with E-state index in [2.05, 4.69) is 9.97 Å². The molecule has 2 aromatic heterocycles. The van der Waals surface area contributed by atoms with Crippen molar-refractivity contribution < 1.29 is 75.6 Å². The molecule has 0 bridgehead atoms. The highest BCUT2D eigenvalue weighted by molar-refractivity contribution is 5.94. The van der Waals surface area contributed by atoms with Gasteiger partial charge in [0, 0.05) is 53.4 Å². The molecule has 492 valence electrons. The first-order chi connectivity index (χ1) is 42.2. The fourth-order valence-electron chi connectivity index (χ4n) is 10.9. The maximum absolute atomic E-state index is 16.7. The van der Waals surface area contributed by atoms with Crippen LogP contribution in [-0.4, -0.2) is 168 Å². The maximum Gasteiger partial charge on any atom is 0.329 e. The summed E-state index contributed by atoms with van der Waals surface area (Å²) in [6.45, 7) is 19.8. The average Bonchev–Trinajstić information content (AvgIpc) is 1.28. The van der Waals surface area contributed by atoms with Gasteiger partial charge in [-0.05, 0) is 124 Å². The second kappa shape index (κ2) is 31.6. The minimum atomic E-state index is -2.10. The summed E-state index contributed by atoms with van der Waals surface area (Å²) in [6.07, 6.45) is -4.15. The minimum Gasteiger partial charge on any atom is -0.481 e. The molecule has 0 saturated carbocycles. The Bertz CT molecular complexity index is 2910. The highest BCUT2D eigenvalue weighted by Gasteiger charge is 2.44. The number of carbonyl (C=O) groups is 8. The molecule has 0 spiro atoms. The lowest BCUT2D eigenvalue weighted by molar-refractivity contribution is -0.176. The number of cyclic esters (lactones) is 4. The SMILES string of the molecule is COc1ncccc1C(C)(F)c1ccc(C[C@H]2OC(=O)[C@H](CC(C)C)N(C)C(=O)[C@@H](C)OC(=O)[C@H](CC(C)C)N(C)C(=O)[C@@H](Cc3ccc(C(C)(F)c4cccnc4OC)cc3)OC(=O)[C@H](CC(C)C)N(C)C(=O)[C@@H](C)OC(=O)[C@H](CC(C)C)N(C)C2=O)cc1. The molecular formula is C68H92F2N6O14. The van der Waals surface area contributed by atoms with E-state index in [0.29, 0.717) is 11.1 Å². The first-order valence-electron chi connectivity index (χ1n) is 30.6. The summed E-state index contributed by atoms with van der Waals surface area (Å²) in [4.78, 5) is 131. The molecule has 5 rings (SSSR count). The van der Waals surface area contributed by atoms with Crippen LogP contribution in [0, 0.1) is 23.7 Å². The van der Waals surface area contributed by atoms with E-state index in [0.717, 1.165) is 19.6 Å². The van der Waals surface area contributed by atoms with Gasteiger partial charge in [-0.15, -0.1) is 0 Å². The van der Waals surface area contributed by atoms with Gasteiger partial charge in [0.15, 0.2) is 35.8 Å². The summed E-state index contributed by atoms with van der Waals surface area (Å²) in [5.41, 5.74) is -2.62. The third-order valence-electron chi connectivity index (χ3n) is 16.3. The fourth-order valence-corrected chi connectivity index (χ4v) is 10.9. The zero-order valence-corrected chi connectivity index (χ0v) is 55.4. The summed E-state index contributed by atoms with van der Waals surface area (Å²) in [6, 6.07) is 13.0. The van der Waals surface area contributed by atoms with E-state index in [4.69, 9.17) is 28.4 Å². The van der Waals surface area contributed by atoms with Crippen LogP contribution >= 0.6 is 0 Å². The molecule has 0 N–H and O–H groups in total. The number of nitrogens with zero attached hydrogens (tertiary/aromatic N) is 6. The topological polar surface area (TPSA) is 231 Å². The molecule has 1 fully saturated rings. The highest BCUT2D eigenvalue weighted by atomic mass is 19.1. The molecule has 4 amide bonds. The Balaban J connectivity index is 1.62. The largest absolute Gasteiger partial charge is 0.481 e. The van der Waals surface area contributed by atoms with Gasteiger partial charge in [0.25, 0.3) is 23.6 Å². The smallest absolute Gasteiger partial charge is 0.329 e. The van der Waals surface area contributed by atoms with Gasteiger partial charge in [0.1, 0.15) is 24.2 Å². The van der Waals surface area contributed by atoms with Crippen molar-refractivity contribution in [2.45, 2.75) is 182 Å². The van der Waals surface area contributed by atoms with Crippen molar-refractivity contribution >= 4 is 47.5 Å². The number of alkyl halides is 2. The number of methoxy groups -OCH3 is 2. The number of hydrogen-bond donors (Lipinski definition) is 0. The number of rotatable bonds is 18. The third-order valence-corrected chi connectivity index (χ3v) is 16.3. The predicted octanol–water partition coefficient (Wildman–Crippen LogP) is 8.94. The number of aromatic nitrogens is 2. The van der Waals surface area contributed by atoms with Crippen LogP contribution in [0.4, 0.5) is 8.78 Å². The van der Waals surface area contributed by atoms with Crippen molar-refractivity contribution in [1.82, 2.24) is 29.6 Å². The zero-order valence-electron chi connectivity index (χ0n) is 55.4. The van der Waals surface area contributed by atoms with E-state index in [1.807, 2.05) is 0 Å². The van der Waals surface area contributed by atoms with Gasteiger partial charge in [-0.2, -0.15) is 0 Å². The second-order valence-electron chi connectivity index (χ2n) is 25.3. The number of pyridine rings is 2. The van der Waals surface area contributed by atoms with Gasteiger partial charge in [0.2, 0.25) is 11.8 Å². The van der Waals surface area contributed by atoms with Crippen molar-refractivity contribution in [3.8, 4) is 11.8 Å². The van der Waals surface area contributed by atoms with Crippen molar-refractivity contribution in [1.29, 1.82) is 0 Å². The first kappa shape index (κ1) is 72.7. The lowest BCUT2D eigenvalue weighted by Crippen LogP contribution is -2.55. The molecular weight excluding hydrogens is 1160 g/mol. The Morgan fingerprint density at radius 3 is 0.978 bits per heavy atom. The van der Waals surface area contributed by atoms with Gasteiger partial charge in [-0.3, -0.25) is 19.2 Å². The van der Waals surface area contributed by atoms with E-state index in [9.17, 15) is 28.8 Å². The van der Waals surface area contributed by atoms with E-state index in [1.54, 1.807) is 104 Å². The van der Waals surface area contributed by atoms with Gasteiger partial charge < -0.3 is 48.0 Å². The molecule has 1 aliphatic rings. The molecule has 2 unspecified atom stereocenters. The molecule has 2 aromatic carbocycles. The van der Waals surface area contributed by atoms with Crippen LogP contribution < -0.4 is 9.47 Å². The number of benzene rings is 2. The van der Waals surface area contributed by atoms with E-state index >= 15 is 18.4 Å². The highest BCUT2D eigenvalue weighted by Crippen LogP contribution is 2.40. The molecule has 3 heterocycles. The molecule has 90 heavy (non-hydrogen) atoms. The number of ether oxygens (including phenoxy) is 6. The van der Waals surface area contributed by atoms with Crippen LogP contribution in [0.15, 0.2) is 85.2 Å². The predicted molar refractivity (Wildman–Crippen MR) is 332 cm³/mol. The first-order valence-corrected chi connectivity index (χ1v) is 30.6. The van der Waals surface area contributed by atoms with Crippen LogP contribution in [-0.2, 0) is 81.5 Å². The van der Waals surface area contributed by atoms with Crippen molar-refractivity contribution in [3.63, 3.8) is 0 Å². The fraction of sp³-hybridized carbons (Fsp3) is 0.559. The molecule has 0 aliphatic carbocycles. The van der Waals surface area contributed by atoms with Crippen molar-refractivity contribution in [2.75, 3.05) is 42.4 Å². The van der Waals surface area contributed by atoms with Crippen LogP contribution in [0.5, 0.6) is 11.8 Å². The van der Waals surface area contributed by atoms with Gasteiger partial charge in [-0.1, -0.05) is 104 Å². The molecule has 10 atom stereocenters. The molecule has 1 saturated heterocycles. The van der Waals surface area contributed by atoms with Crippen molar-refractivity contribution in [3.05, 3.63) is 119 Å². The number of likely N-dealkylation sites (N-methyl/N-ethyl adjacent to an activating group) is 4. The Morgan fingerprint density at radius 2 is 0.711 bits per heavy atom. The van der Waals surface area contributed by atoms with Crippen LogP contribution in [0.1, 0.15) is 142 Å². The molecule has 4 aromatic rings. The Kier molecular flexibility index (Phi) is 25.5. The van der Waals surface area contributed by atoms with E-state index in [-0.39, 0.29) is 96.2 Å². The monoisotopic (exact) mass is 1250 g/mol. The number of carbonyl (C=O) groups excluding carboxylic acids is 8. The summed E-state index contributed by atoms with van der Waals surface area (Å²) >= 11 is 0. The van der Waals surface area contributed by atoms with E-state index in [1.165, 1.54) is 107 Å². The molecule has 1 aliphatic heterocycles. The quantitative estimate of drug-likeness (QED) is 0.0668. The summed E-state index contributed by atoms with van der Waals surface area (Å²) in [7, 11) is 8.08. The lowest BCUT2D eigenvalue weighted by atomic mass is 9.89. The summed E-state index contributed by atoms with van der Waals surface area (Å²) in [5, 5.41) is 0. The van der Waals surface area contributed by atoms with Gasteiger partial charge in [-0.25, -0.2) is 37.9 Å². The van der Waals surface area contributed by atoms with Gasteiger partial charge in [0.05, 0.1) is 25.3 Å². The standard InChI is InChI=1S/C68H92F2N6O14/c1-39(2)33-51-63(81)87-43(9)59(77)73(13)54(36-42(7)8)66(84)90-56(38-46-25-29-48(30-26-46)68(12,70)50-22-20-32-72-58(50)86-18)62(80)76(16)52(34-40(3)4)64(82)88-44(10)60(78)74(14)53(35-41(5)6)65(83)89-55(61(79)75(51)15)37-45-23-27-47(28-24-45)67(11,69)49-21-19-31-71-57(49)85-17/h19-32,39-44,51-56H,33-38H2,1-18H3/t43-,44-,51+,52+,53+,54+,55-,56-,67?,68?/m1/s1. The Labute approximate surface area is 528 Å². The van der Waals surface area contributed by atoms with E-state index < -0.39 is 107 Å². The summed E-state index contributed by atoms with van der Waals surface area (Å²) < 4.78 is 68.4. The Morgan fingerprint density at radius 1 is 0.444 bits per heavy atom. The van der Waals surface area contributed by atoms with Crippen molar-refractivity contribution in [2.24, 2.45) is 23.7 Å².